The van der Waals surface area contributed by atoms with Crippen molar-refractivity contribution in [2.45, 2.75) is 64.4 Å². The zero-order valence-electron chi connectivity index (χ0n) is 19.3. The van der Waals surface area contributed by atoms with E-state index in [-0.39, 0.29) is 59.5 Å². The average Bonchev–Trinajstić information content (AvgIpc) is 3.46. The smallest absolute Gasteiger partial charge is 0.233 e. The quantitative estimate of drug-likeness (QED) is 0.108. The van der Waals surface area contributed by atoms with Gasteiger partial charge in [0.1, 0.15) is 0 Å². The summed E-state index contributed by atoms with van der Waals surface area (Å²) in [6.07, 6.45) is 13.7. The van der Waals surface area contributed by atoms with Crippen LogP contribution in [0.25, 0.3) is 0 Å². The van der Waals surface area contributed by atoms with E-state index in [9.17, 15) is 9.59 Å². The van der Waals surface area contributed by atoms with Crippen molar-refractivity contribution in [3.8, 4) is 0 Å². The summed E-state index contributed by atoms with van der Waals surface area (Å²) < 4.78 is 5.98. The number of ether oxygens (including phenoxy) is 1. The van der Waals surface area contributed by atoms with Crippen molar-refractivity contribution >= 4 is 41.8 Å². The van der Waals surface area contributed by atoms with Gasteiger partial charge >= 0.3 is 0 Å². The number of nitrogens with zero attached hydrogens (tertiary/aromatic N) is 2. The van der Waals surface area contributed by atoms with Crippen molar-refractivity contribution in [2.75, 3.05) is 32.8 Å². The third kappa shape index (κ3) is 5.85. The van der Waals surface area contributed by atoms with Crippen molar-refractivity contribution in [3.05, 3.63) is 12.2 Å². The Labute approximate surface area is 209 Å². The van der Waals surface area contributed by atoms with Crippen LogP contribution in [-0.2, 0) is 14.3 Å². The molecule has 1 aliphatic heterocycles. The van der Waals surface area contributed by atoms with Gasteiger partial charge in [0, 0.05) is 32.8 Å². The highest BCUT2D eigenvalue weighted by Gasteiger charge is 2.58. The van der Waals surface area contributed by atoms with Crippen LogP contribution in [0.15, 0.2) is 17.1 Å². The van der Waals surface area contributed by atoms with Crippen molar-refractivity contribution in [1.29, 1.82) is 0 Å². The number of carbonyl (C=O) groups is 2. The van der Waals surface area contributed by atoms with Crippen LogP contribution in [0.5, 0.6) is 0 Å². The molecule has 0 spiro atoms. The molecular weight excluding hydrogens is 519 g/mol. The molecule has 3 fully saturated rings. The fraction of sp³-hybridized carbons (Fsp3) is 0.792. The maximum Gasteiger partial charge on any atom is 0.233 e. The minimum Gasteiger partial charge on any atom is -0.378 e. The Kier molecular flexibility index (Phi) is 9.82. The van der Waals surface area contributed by atoms with Crippen LogP contribution < -0.4 is 10.6 Å². The van der Waals surface area contributed by atoms with Gasteiger partial charge in [-0.15, -0.1) is 24.0 Å². The summed E-state index contributed by atoms with van der Waals surface area (Å²) in [4.78, 5) is 31.6. The van der Waals surface area contributed by atoms with Gasteiger partial charge in [0.05, 0.1) is 17.9 Å². The zero-order valence-corrected chi connectivity index (χ0v) is 21.6. The monoisotopic (exact) mass is 558 g/mol. The van der Waals surface area contributed by atoms with Crippen molar-refractivity contribution < 1.29 is 14.3 Å². The van der Waals surface area contributed by atoms with Crippen LogP contribution in [0.1, 0.15) is 58.3 Å². The molecule has 4 unspecified atom stereocenters. The molecule has 32 heavy (non-hydrogen) atoms. The van der Waals surface area contributed by atoms with Crippen LogP contribution in [0.4, 0.5) is 0 Å². The molecule has 3 aliphatic carbocycles. The number of imide groups is 1. The Hall–Kier alpha value is -1.16. The predicted octanol–water partition coefficient (Wildman–Crippen LogP) is 3.10. The molecular formula is C24H39IN4O3. The van der Waals surface area contributed by atoms with E-state index in [2.05, 4.69) is 27.8 Å². The molecule has 1 heterocycles. The lowest BCUT2D eigenvalue weighted by molar-refractivity contribution is -0.140. The van der Waals surface area contributed by atoms with Gasteiger partial charge in [-0.3, -0.25) is 19.5 Å². The number of hydrogen-bond donors (Lipinski definition) is 2. The van der Waals surface area contributed by atoms with E-state index in [1.807, 2.05) is 6.92 Å². The third-order valence-electron chi connectivity index (χ3n) is 7.23. The second kappa shape index (κ2) is 12.3. The summed E-state index contributed by atoms with van der Waals surface area (Å²) in [6, 6.07) is 0. The van der Waals surface area contributed by atoms with Crippen LogP contribution in [0.2, 0.25) is 0 Å². The third-order valence-corrected chi connectivity index (χ3v) is 7.23. The van der Waals surface area contributed by atoms with Gasteiger partial charge in [0.2, 0.25) is 11.8 Å². The molecule has 2 bridgehead atoms. The Morgan fingerprint density at radius 3 is 2.41 bits per heavy atom. The Morgan fingerprint density at radius 1 is 1.06 bits per heavy atom. The summed E-state index contributed by atoms with van der Waals surface area (Å²) in [6.45, 7) is 5.52. The van der Waals surface area contributed by atoms with Gasteiger partial charge in [-0.1, -0.05) is 31.4 Å². The molecule has 4 rings (SSSR count). The average molecular weight is 559 g/mol. The van der Waals surface area contributed by atoms with E-state index in [1.54, 1.807) is 0 Å². The topological polar surface area (TPSA) is 83.0 Å². The first-order valence-corrected chi connectivity index (χ1v) is 12.4. The maximum absolute atomic E-state index is 12.7. The molecule has 180 valence electrons. The lowest BCUT2D eigenvalue weighted by atomic mass is 9.85. The molecule has 0 aromatic heterocycles. The second-order valence-corrected chi connectivity index (χ2v) is 9.35. The SMILES string of the molecule is CCNC(=NCCCN1C(=O)C2C3C=CC(C3)C2C1=O)NCCCOC1CCCCC1.I. The highest BCUT2D eigenvalue weighted by Crippen LogP contribution is 2.52. The number of aliphatic imine (C=N–C) groups is 1. The van der Waals surface area contributed by atoms with Gasteiger partial charge in [-0.2, -0.15) is 0 Å². The zero-order chi connectivity index (χ0) is 21.6. The number of carbonyl (C=O) groups excluding carboxylic acids is 2. The molecule has 2 N–H and O–H groups in total. The largest absolute Gasteiger partial charge is 0.378 e. The number of halogens is 1. The van der Waals surface area contributed by atoms with Gasteiger partial charge < -0.3 is 15.4 Å². The fourth-order valence-electron chi connectivity index (χ4n) is 5.71. The number of amides is 2. The summed E-state index contributed by atoms with van der Waals surface area (Å²) in [5, 5.41) is 6.62. The second-order valence-electron chi connectivity index (χ2n) is 9.35. The predicted molar refractivity (Wildman–Crippen MR) is 136 cm³/mol. The summed E-state index contributed by atoms with van der Waals surface area (Å²) in [5.41, 5.74) is 0. The summed E-state index contributed by atoms with van der Waals surface area (Å²) in [5.74, 6) is 1.24. The van der Waals surface area contributed by atoms with E-state index in [4.69, 9.17) is 4.74 Å². The molecule has 4 atom stereocenters. The Balaban J connectivity index is 0.00000289. The molecule has 0 radical (unpaired) electrons. The number of rotatable bonds is 10. The minimum atomic E-state index is -0.0965. The summed E-state index contributed by atoms with van der Waals surface area (Å²) in [7, 11) is 0. The maximum atomic E-state index is 12.7. The fourth-order valence-corrected chi connectivity index (χ4v) is 5.71. The van der Waals surface area contributed by atoms with E-state index in [0.717, 1.165) is 38.5 Å². The first-order chi connectivity index (χ1) is 15.2. The van der Waals surface area contributed by atoms with E-state index in [0.29, 0.717) is 25.6 Å². The highest BCUT2D eigenvalue weighted by atomic mass is 127. The minimum absolute atomic E-state index is 0. The van der Waals surface area contributed by atoms with Gasteiger partial charge in [-0.05, 0) is 50.9 Å². The first-order valence-electron chi connectivity index (χ1n) is 12.4. The van der Waals surface area contributed by atoms with Crippen molar-refractivity contribution in [2.24, 2.45) is 28.7 Å². The molecule has 7 nitrogen and oxygen atoms in total. The lowest BCUT2D eigenvalue weighted by Crippen LogP contribution is -2.38. The molecule has 1 saturated heterocycles. The van der Waals surface area contributed by atoms with Crippen LogP contribution in [0.3, 0.4) is 0 Å². The van der Waals surface area contributed by atoms with Gasteiger partial charge in [0.15, 0.2) is 5.96 Å². The molecule has 0 aromatic rings. The number of hydrogen-bond acceptors (Lipinski definition) is 4. The van der Waals surface area contributed by atoms with Crippen molar-refractivity contribution in [1.82, 2.24) is 15.5 Å². The number of nitrogens with one attached hydrogen (secondary N) is 2. The van der Waals surface area contributed by atoms with E-state index >= 15 is 0 Å². The number of likely N-dealkylation sites (tertiary alicyclic amines) is 1. The molecule has 8 heteroatoms. The normalized spacial score (nSPS) is 29.4. The standard InChI is InChI=1S/C24H38N4O3.HI/c1-2-25-24(27-13-7-15-31-19-8-4-3-5-9-19)26-12-6-14-28-22(29)20-17-10-11-18(16-17)21(20)23(28)30;/h10-11,17-21H,2-9,12-16H2,1H3,(H2,25,26,27);1H. The van der Waals surface area contributed by atoms with Crippen molar-refractivity contribution in [3.63, 3.8) is 0 Å². The number of guanidine groups is 1. The van der Waals surface area contributed by atoms with E-state index in [1.165, 1.54) is 37.0 Å². The van der Waals surface area contributed by atoms with Crippen LogP contribution >= 0.6 is 24.0 Å². The molecule has 0 aromatic carbocycles. The highest BCUT2D eigenvalue weighted by molar-refractivity contribution is 14.0. The first kappa shape index (κ1) is 25.5. The molecule has 2 amide bonds. The lowest BCUT2D eigenvalue weighted by Gasteiger charge is -2.22. The summed E-state index contributed by atoms with van der Waals surface area (Å²) >= 11 is 0. The molecule has 2 saturated carbocycles. The van der Waals surface area contributed by atoms with Crippen LogP contribution in [-0.4, -0.2) is 61.6 Å². The van der Waals surface area contributed by atoms with Crippen LogP contribution in [0, 0.1) is 23.7 Å². The van der Waals surface area contributed by atoms with Gasteiger partial charge in [-0.25, -0.2) is 0 Å². The Bertz CT molecular complexity index is 677. The van der Waals surface area contributed by atoms with Gasteiger partial charge in [0.25, 0.3) is 0 Å². The van der Waals surface area contributed by atoms with E-state index < -0.39 is 0 Å². The number of allylic oxidation sites excluding steroid dienone is 2. The molecule has 4 aliphatic rings. The number of fused-ring (bicyclic) bond motifs is 5. The Morgan fingerprint density at radius 2 is 1.75 bits per heavy atom.